The largest absolute Gasteiger partial charge is 0.477 e. The third-order valence-electron chi connectivity index (χ3n) is 6.38. The van der Waals surface area contributed by atoms with Crippen molar-refractivity contribution in [3.63, 3.8) is 0 Å². The molecule has 2 fully saturated rings. The maximum Gasteiger partial charge on any atom is 0.353 e. The van der Waals surface area contributed by atoms with Gasteiger partial charge in [-0.3, -0.25) is 14.4 Å². The number of aliphatic carboxylic acids is 1. The lowest BCUT2D eigenvalue weighted by atomic mass is 9.79. The van der Waals surface area contributed by atoms with Crippen LogP contribution >= 0.6 is 11.8 Å². The number of nitrogens with one attached hydrogen (secondary N) is 2. The number of fused-ring (bicyclic) bond motifs is 1. The lowest BCUT2D eigenvalue weighted by Gasteiger charge is -2.46. The quantitative estimate of drug-likeness (QED) is 0.257. The summed E-state index contributed by atoms with van der Waals surface area (Å²) in [6.45, 7) is 7.15. The van der Waals surface area contributed by atoms with Gasteiger partial charge < -0.3 is 36.2 Å². The highest BCUT2D eigenvalue weighted by molar-refractivity contribution is 8.03. The molecule has 0 aliphatic carbocycles. The molecule has 184 valence electrons. The van der Waals surface area contributed by atoms with Crippen LogP contribution < -0.4 is 16.4 Å². The number of carbonyl (C=O) groups excluding carboxylic acids is 3. The van der Waals surface area contributed by atoms with Crippen LogP contribution in [0.5, 0.6) is 0 Å². The van der Waals surface area contributed by atoms with Gasteiger partial charge in [0.1, 0.15) is 11.7 Å². The monoisotopic (exact) mass is 484 g/mol. The molecule has 8 atom stereocenters. The highest BCUT2D eigenvalue weighted by atomic mass is 32.2. The Morgan fingerprint density at radius 2 is 1.94 bits per heavy atom. The molecule has 2 saturated heterocycles. The van der Waals surface area contributed by atoms with Gasteiger partial charge in [-0.1, -0.05) is 6.92 Å². The van der Waals surface area contributed by atoms with E-state index in [1.165, 1.54) is 23.6 Å². The number of nitrogens with two attached hydrogens (primary N) is 1. The van der Waals surface area contributed by atoms with Crippen LogP contribution in [0.1, 0.15) is 34.1 Å². The average Bonchev–Trinajstić information content (AvgIpc) is 3.26. The van der Waals surface area contributed by atoms with E-state index < -0.39 is 36.0 Å². The van der Waals surface area contributed by atoms with Gasteiger partial charge in [0.05, 0.1) is 30.2 Å². The molecule has 6 N–H and O–H groups in total. The number of aliphatic hydroxyl groups excluding tert-OH is 1. The molecule has 0 aromatic rings. The molecule has 3 aliphatic heterocycles. The third kappa shape index (κ3) is 4.88. The van der Waals surface area contributed by atoms with Crippen LogP contribution in [0.4, 0.5) is 0 Å². The number of rotatable bonds is 9. The number of hydrogen-bond acceptors (Lipinski definition) is 8. The Morgan fingerprint density at radius 3 is 2.52 bits per heavy atom. The molecule has 0 spiro atoms. The summed E-state index contributed by atoms with van der Waals surface area (Å²) in [7, 11) is 0. The van der Waals surface area contributed by atoms with E-state index in [2.05, 4.69) is 10.6 Å². The van der Waals surface area contributed by atoms with Gasteiger partial charge in [-0.2, -0.15) is 0 Å². The van der Waals surface area contributed by atoms with Crippen molar-refractivity contribution in [2.24, 2.45) is 17.6 Å². The Labute approximate surface area is 196 Å². The fourth-order valence-electron chi connectivity index (χ4n) is 4.56. The van der Waals surface area contributed by atoms with Crippen molar-refractivity contribution < 1.29 is 34.1 Å². The predicted octanol–water partition coefficient (Wildman–Crippen LogP) is -1.00. The summed E-state index contributed by atoms with van der Waals surface area (Å²) in [5.41, 5.74) is 5.48. The molecular formula is C21H32N4O7S. The predicted molar refractivity (Wildman–Crippen MR) is 120 cm³/mol. The number of aliphatic hydroxyl groups is 1. The number of carboxylic acids is 1. The maximum absolute atomic E-state index is 12.5. The van der Waals surface area contributed by atoms with Gasteiger partial charge in [-0.05, 0) is 27.2 Å². The zero-order chi connectivity index (χ0) is 24.6. The second kappa shape index (κ2) is 10.00. The zero-order valence-corrected chi connectivity index (χ0v) is 19.9. The topological polar surface area (TPSA) is 171 Å². The van der Waals surface area contributed by atoms with Crippen molar-refractivity contribution >= 4 is 35.5 Å². The zero-order valence-electron chi connectivity index (χ0n) is 19.1. The molecule has 3 aliphatic rings. The van der Waals surface area contributed by atoms with Crippen LogP contribution in [0.2, 0.25) is 0 Å². The molecule has 0 radical (unpaired) electrons. The first-order valence-corrected chi connectivity index (χ1v) is 11.9. The Bertz CT molecular complexity index is 862. The van der Waals surface area contributed by atoms with Gasteiger partial charge in [-0.25, -0.2) is 4.79 Å². The Morgan fingerprint density at radius 1 is 1.27 bits per heavy atom. The lowest BCUT2D eigenvalue weighted by Crippen LogP contribution is -2.63. The third-order valence-corrected chi connectivity index (χ3v) is 8.04. The van der Waals surface area contributed by atoms with Crippen LogP contribution in [0, 0.1) is 11.8 Å². The van der Waals surface area contributed by atoms with Crippen LogP contribution in [0.25, 0.3) is 0 Å². The van der Waals surface area contributed by atoms with E-state index in [0.717, 1.165) is 0 Å². The van der Waals surface area contributed by atoms with Crippen molar-refractivity contribution in [3.05, 3.63) is 10.6 Å². The molecule has 11 nitrogen and oxygen atoms in total. The average molecular weight is 485 g/mol. The van der Waals surface area contributed by atoms with Crippen LogP contribution in [-0.4, -0.2) is 87.5 Å². The van der Waals surface area contributed by atoms with Crippen LogP contribution in [-0.2, 0) is 23.9 Å². The number of nitrogens with zero attached hydrogens (tertiary/aromatic N) is 1. The molecule has 3 rings (SSSR count). The standard InChI is InChI=1S/C21H32N4O7S/c1-8-15-14(11(4)26)20(29)25(15)16(21(30)31)17(8)33-13-5-6-32-12(13)7-23-19(28)10(3)24-18(27)9(2)22/h8-15,26H,5-7,22H2,1-4H3,(H,23,28)(H,24,27)(H,30,31)/t8-,9+,10+,11-,12-,13-,14-,15-/m1/s1. The van der Waals surface area contributed by atoms with Crippen molar-refractivity contribution in [3.8, 4) is 0 Å². The number of β-lactam (4-membered cyclic amide) rings is 1. The molecule has 3 amide bonds. The van der Waals surface area contributed by atoms with E-state index in [1.54, 1.807) is 13.8 Å². The van der Waals surface area contributed by atoms with E-state index in [0.29, 0.717) is 17.9 Å². The lowest BCUT2D eigenvalue weighted by molar-refractivity contribution is -0.163. The molecule has 0 saturated carbocycles. The molecule has 0 aromatic heterocycles. The smallest absolute Gasteiger partial charge is 0.353 e. The first kappa shape index (κ1) is 25.5. The minimum Gasteiger partial charge on any atom is -0.477 e. The number of ether oxygens (including phenoxy) is 1. The summed E-state index contributed by atoms with van der Waals surface area (Å²) in [5, 5.41) is 25.0. The SMILES string of the molecule is C[C@H](N)C(=O)N[C@@H](C)C(=O)NC[C@H]1OCC[C@H]1SC1=C(C(=O)O)N2C(=O)[C@H]([C@@H](C)O)[C@H]2[C@H]1C. The summed E-state index contributed by atoms with van der Waals surface area (Å²) in [6, 6.07) is -1.87. The number of hydrogen-bond donors (Lipinski definition) is 5. The van der Waals surface area contributed by atoms with E-state index in [1.807, 2.05) is 6.92 Å². The minimum atomic E-state index is -1.17. The first-order chi connectivity index (χ1) is 15.5. The van der Waals surface area contributed by atoms with Crippen LogP contribution in [0.3, 0.4) is 0 Å². The summed E-state index contributed by atoms with van der Waals surface area (Å²) >= 11 is 1.37. The number of thioether (sulfide) groups is 1. The number of carboxylic acid groups (broad SMARTS) is 1. The molecule has 33 heavy (non-hydrogen) atoms. The van der Waals surface area contributed by atoms with Crippen LogP contribution in [0.15, 0.2) is 10.6 Å². The molecule has 12 heteroatoms. The first-order valence-electron chi connectivity index (χ1n) is 11.1. The fraction of sp³-hybridized carbons (Fsp3) is 0.714. The van der Waals surface area contributed by atoms with Crippen molar-refractivity contribution in [1.29, 1.82) is 0 Å². The Balaban J connectivity index is 1.65. The minimum absolute atomic E-state index is 0.0266. The summed E-state index contributed by atoms with van der Waals surface area (Å²) in [4.78, 5) is 50.4. The Kier molecular flexibility index (Phi) is 7.72. The normalized spacial score (nSPS) is 31.5. The van der Waals surface area contributed by atoms with Gasteiger partial charge in [-0.15, -0.1) is 11.8 Å². The Hall–Kier alpha value is -2.15. The fourth-order valence-corrected chi connectivity index (χ4v) is 6.08. The van der Waals surface area contributed by atoms with Crippen molar-refractivity contribution in [2.75, 3.05) is 13.2 Å². The summed E-state index contributed by atoms with van der Waals surface area (Å²) in [5.74, 6) is -3.20. The number of amides is 3. The van der Waals surface area contributed by atoms with Gasteiger partial charge in [0.2, 0.25) is 17.7 Å². The van der Waals surface area contributed by atoms with E-state index >= 15 is 0 Å². The van der Waals surface area contributed by atoms with Crippen molar-refractivity contribution in [2.45, 2.75) is 69.7 Å². The van der Waals surface area contributed by atoms with E-state index in [-0.39, 0.29) is 47.4 Å². The second-order valence-corrected chi connectivity index (χ2v) is 10.2. The molecule has 0 aromatic carbocycles. The van der Waals surface area contributed by atoms with Gasteiger partial charge in [0.15, 0.2) is 0 Å². The molecular weight excluding hydrogens is 452 g/mol. The van der Waals surface area contributed by atoms with Gasteiger partial charge in [0, 0.05) is 29.2 Å². The second-order valence-electron chi connectivity index (χ2n) is 8.89. The molecule has 0 unspecified atom stereocenters. The number of carbonyl (C=O) groups is 4. The summed E-state index contributed by atoms with van der Waals surface area (Å²) in [6.07, 6.45) is -0.561. The molecule has 0 bridgehead atoms. The maximum atomic E-state index is 12.5. The van der Waals surface area contributed by atoms with Crippen molar-refractivity contribution in [1.82, 2.24) is 15.5 Å². The van der Waals surface area contributed by atoms with Gasteiger partial charge >= 0.3 is 5.97 Å². The summed E-state index contributed by atoms with van der Waals surface area (Å²) < 4.78 is 5.77. The molecule has 3 heterocycles. The van der Waals surface area contributed by atoms with E-state index in [9.17, 15) is 29.4 Å². The van der Waals surface area contributed by atoms with Gasteiger partial charge in [0.25, 0.3) is 0 Å². The highest BCUT2D eigenvalue weighted by Gasteiger charge is 2.60. The van der Waals surface area contributed by atoms with E-state index in [4.69, 9.17) is 10.5 Å². The highest BCUT2D eigenvalue weighted by Crippen LogP contribution is 2.52.